The molecule has 0 amide bonds. The molecule has 0 saturated carbocycles. The highest BCUT2D eigenvalue weighted by Gasteiger charge is 2.11. The van der Waals surface area contributed by atoms with Crippen LogP contribution in [0.5, 0.6) is 0 Å². The summed E-state index contributed by atoms with van der Waals surface area (Å²) in [4.78, 5) is 4.63. The van der Waals surface area contributed by atoms with Gasteiger partial charge in [-0.15, -0.1) is 0 Å². The van der Waals surface area contributed by atoms with Crippen molar-refractivity contribution in [2.45, 2.75) is 65.8 Å². The minimum absolute atomic E-state index is 0.885. The Balaban J connectivity index is 2.62. The Morgan fingerprint density at radius 3 is 2.38 bits per heavy atom. The highest BCUT2D eigenvalue weighted by atomic mass is 15.1. The van der Waals surface area contributed by atoms with E-state index in [1.54, 1.807) is 0 Å². The van der Waals surface area contributed by atoms with Crippen molar-refractivity contribution in [2.24, 2.45) is 0 Å². The van der Waals surface area contributed by atoms with Crippen LogP contribution in [0.4, 0.5) is 5.82 Å². The van der Waals surface area contributed by atoms with Crippen molar-refractivity contribution >= 4 is 5.82 Å². The highest BCUT2D eigenvalue weighted by Crippen LogP contribution is 2.17. The second-order valence-electron chi connectivity index (χ2n) is 4.27. The Bertz CT molecular complexity index is 315. The lowest BCUT2D eigenvalue weighted by atomic mass is 10.1. The van der Waals surface area contributed by atoms with E-state index in [9.17, 15) is 0 Å². The third-order valence-electron chi connectivity index (χ3n) is 3.06. The Morgan fingerprint density at radius 1 is 1.12 bits per heavy atom. The maximum Gasteiger partial charge on any atom is 0.126 e. The minimum atomic E-state index is 0.885. The molecule has 0 atom stereocenters. The number of aromatic nitrogens is 2. The SMILES string of the molecule is CCCCCCc1nc(CC)n(CC)c1N. The molecule has 3 nitrogen and oxygen atoms in total. The van der Waals surface area contributed by atoms with Crippen LogP contribution in [0.2, 0.25) is 0 Å². The minimum Gasteiger partial charge on any atom is -0.384 e. The summed E-state index contributed by atoms with van der Waals surface area (Å²) in [6, 6.07) is 0. The first kappa shape index (κ1) is 13.1. The zero-order valence-electron chi connectivity index (χ0n) is 10.9. The predicted molar refractivity (Wildman–Crippen MR) is 69.5 cm³/mol. The lowest BCUT2D eigenvalue weighted by Crippen LogP contribution is -2.04. The van der Waals surface area contributed by atoms with Crippen LogP contribution in [0.1, 0.15) is 58.0 Å². The zero-order chi connectivity index (χ0) is 12.0. The molecule has 0 aliphatic rings. The third-order valence-corrected chi connectivity index (χ3v) is 3.06. The Morgan fingerprint density at radius 2 is 1.88 bits per heavy atom. The summed E-state index contributed by atoms with van der Waals surface area (Å²) in [5.74, 6) is 2.02. The third kappa shape index (κ3) is 3.00. The van der Waals surface area contributed by atoms with E-state index >= 15 is 0 Å². The van der Waals surface area contributed by atoms with Crippen LogP contribution in [0.25, 0.3) is 0 Å². The molecule has 0 radical (unpaired) electrons. The zero-order valence-corrected chi connectivity index (χ0v) is 10.9. The number of nitrogens with two attached hydrogens (primary N) is 1. The van der Waals surface area contributed by atoms with Crippen LogP contribution in [-0.4, -0.2) is 9.55 Å². The molecule has 3 heteroatoms. The predicted octanol–water partition coefficient (Wildman–Crippen LogP) is 3.17. The quantitative estimate of drug-likeness (QED) is 0.721. The van der Waals surface area contributed by atoms with Gasteiger partial charge in [0.1, 0.15) is 11.6 Å². The van der Waals surface area contributed by atoms with E-state index in [1.165, 1.54) is 25.7 Å². The number of aryl methyl sites for hydroxylation is 2. The number of imidazole rings is 1. The van der Waals surface area contributed by atoms with Gasteiger partial charge >= 0.3 is 0 Å². The fourth-order valence-corrected chi connectivity index (χ4v) is 2.09. The van der Waals surface area contributed by atoms with Gasteiger partial charge in [0.15, 0.2) is 0 Å². The lowest BCUT2D eigenvalue weighted by molar-refractivity contribution is 0.662. The van der Waals surface area contributed by atoms with Crippen LogP contribution >= 0.6 is 0 Å². The normalized spacial score (nSPS) is 10.9. The molecule has 0 aliphatic heterocycles. The number of hydrogen-bond donors (Lipinski definition) is 1. The Kier molecular flexibility index (Phi) is 5.36. The summed E-state index contributed by atoms with van der Waals surface area (Å²) in [7, 11) is 0. The smallest absolute Gasteiger partial charge is 0.126 e. The lowest BCUT2D eigenvalue weighted by Gasteiger charge is -2.04. The number of unbranched alkanes of at least 4 members (excludes halogenated alkanes) is 3. The molecule has 16 heavy (non-hydrogen) atoms. The molecule has 0 aromatic carbocycles. The van der Waals surface area contributed by atoms with Gasteiger partial charge in [-0.2, -0.15) is 0 Å². The molecule has 1 heterocycles. The van der Waals surface area contributed by atoms with Gasteiger partial charge in [0.25, 0.3) is 0 Å². The van der Waals surface area contributed by atoms with Crippen molar-refractivity contribution in [2.75, 3.05) is 5.73 Å². The maximum absolute atomic E-state index is 6.11. The molecular weight excluding hydrogens is 198 g/mol. The van der Waals surface area contributed by atoms with Crippen LogP contribution in [-0.2, 0) is 19.4 Å². The number of nitrogens with zero attached hydrogens (tertiary/aromatic N) is 2. The highest BCUT2D eigenvalue weighted by molar-refractivity contribution is 5.38. The topological polar surface area (TPSA) is 43.8 Å². The fraction of sp³-hybridized carbons (Fsp3) is 0.769. The molecule has 0 unspecified atom stereocenters. The van der Waals surface area contributed by atoms with E-state index < -0.39 is 0 Å². The van der Waals surface area contributed by atoms with Crippen molar-refractivity contribution in [1.82, 2.24) is 9.55 Å². The molecule has 0 fully saturated rings. The largest absolute Gasteiger partial charge is 0.384 e. The van der Waals surface area contributed by atoms with Gasteiger partial charge in [-0.25, -0.2) is 4.98 Å². The van der Waals surface area contributed by atoms with Crippen molar-refractivity contribution in [3.8, 4) is 0 Å². The first-order valence-corrected chi connectivity index (χ1v) is 6.58. The average molecular weight is 223 g/mol. The van der Waals surface area contributed by atoms with Crippen LogP contribution in [0.3, 0.4) is 0 Å². The van der Waals surface area contributed by atoms with Gasteiger partial charge in [0.2, 0.25) is 0 Å². The summed E-state index contributed by atoms with van der Waals surface area (Å²) in [5.41, 5.74) is 7.21. The molecule has 92 valence electrons. The average Bonchev–Trinajstić information content (AvgIpc) is 2.61. The molecule has 1 aromatic heterocycles. The van der Waals surface area contributed by atoms with Gasteiger partial charge < -0.3 is 10.3 Å². The van der Waals surface area contributed by atoms with E-state index in [-0.39, 0.29) is 0 Å². The first-order chi connectivity index (χ1) is 7.74. The van der Waals surface area contributed by atoms with Crippen LogP contribution < -0.4 is 5.73 Å². The summed E-state index contributed by atoms with van der Waals surface area (Å²) in [6.45, 7) is 7.42. The summed E-state index contributed by atoms with van der Waals surface area (Å²) in [6.07, 6.45) is 7.09. The number of hydrogen-bond acceptors (Lipinski definition) is 2. The summed E-state index contributed by atoms with van der Waals surface area (Å²) < 4.78 is 2.13. The molecule has 1 aromatic rings. The summed E-state index contributed by atoms with van der Waals surface area (Å²) >= 11 is 0. The van der Waals surface area contributed by atoms with Gasteiger partial charge in [-0.3, -0.25) is 0 Å². The molecule has 1 rings (SSSR count). The van der Waals surface area contributed by atoms with Crippen LogP contribution in [0.15, 0.2) is 0 Å². The number of nitrogen functional groups attached to an aromatic ring is 1. The van der Waals surface area contributed by atoms with Gasteiger partial charge in [0, 0.05) is 13.0 Å². The molecule has 2 N–H and O–H groups in total. The van der Waals surface area contributed by atoms with Gasteiger partial charge in [0.05, 0.1) is 5.69 Å². The fourth-order valence-electron chi connectivity index (χ4n) is 2.09. The molecule has 0 aliphatic carbocycles. The van der Waals surface area contributed by atoms with Crippen LogP contribution in [0, 0.1) is 0 Å². The second kappa shape index (κ2) is 6.56. The molecule has 0 bridgehead atoms. The number of rotatable bonds is 7. The summed E-state index contributed by atoms with van der Waals surface area (Å²) in [5, 5.41) is 0. The molecule has 0 spiro atoms. The Labute approximate surface area is 99.1 Å². The van der Waals surface area contributed by atoms with Crippen molar-refractivity contribution in [3.05, 3.63) is 11.5 Å². The Hall–Kier alpha value is -0.990. The standard InChI is InChI=1S/C13H25N3/c1-4-7-8-9-10-11-13(14)16(6-3)12(5-2)15-11/h4-10,14H2,1-3H3. The van der Waals surface area contributed by atoms with E-state index in [0.29, 0.717) is 0 Å². The molecule has 0 saturated heterocycles. The number of anilines is 1. The maximum atomic E-state index is 6.11. The van der Waals surface area contributed by atoms with E-state index in [1.807, 2.05) is 0 Å². The van der Waals surface area contributed by atoms with Crippen molar-refractivity contribution in [1.29, 1.82) is 0 Å². The van der Waals surface area contributed by atoms with Gasteiger partial charge in [-0.1, -0.05) is 33.1 Å². The van der Waals surface area contributed by atoms with Crippen molar-refractivity contribution < 1.29 is 0 Å². The van der Waals surface area contributed by atoms with E-state index in [2.05, 4.69) is 30.3 Å². The van der Waals surface area contributed by atoms with Crippen molar-refractivity contribution in [3.63, 3.8) is 0 Å². The van der Waals surface area contributed by atoms with Gasteiger partial charge in [-0.05, 0) is 19.8 Å². The monoisotopic (exact) mass is 223 g/mol. The first-order valence-electron chi connectivity index (χ1n) is 6.58. The van der Waals surface area contributed by atoms with E-state index in [0.717, 1.165) is 36.7 Å². The second-order valence-corrected chi connectivity index (χ2v) is 4.27. The molecular formula is C13H25N3. The van der Waals surface area contributed by atoms with E-state index in [4.69, 9.17) is 5.73 Å².